The summed E-state index contributed by atoms with van der Waals surface area (Å²) in [7, 11) is 0. The van der Waals surface area contributed by atoms with Crippen molar-refractivity contribution in [1.82, 2.24) is 20.2 Å². The molecule has 1 aromatic carbocycles. The number of carbonyl (C=O) groups is 1. The van der Waals surface area contributed by atoms with E-state index in [2.05, 4.69) is 25.2 Å². The van der Waals surface area contributed by atoms with Gasteiger partial charge in [0, 0.05) is 47.3 Å². The summed E-state index contributed by atoms with van der Waals surface area (Å²) in [6.45, 7) is 0. The second-order valence-corrected chi connectivity index (χ2v) is 8.99. The van der Waals surface area contributed by atoms with Gasteiger partial charge in [0.25, 0.3) is 0 Å². The summed E-state index contributed by atoms with van der Waals surface area (Å²) < 4.78 is 19.2. The highest BCUT2D eigenvalue weighted by Gasteiger charge is 2.24. The van der Waals surface area contributed by atoms with E-state index in [-0.39, 0.29) is 24.3 Å². The third kappa shape index (κ3) is 5.62. The molecule has 1 aliphatic carbocycles. The number of aromatic amines is 1. The molecule has 0 spiro atoms. The van der Waals surface area contributed by atoms with E-state index in [1.807, 2.05) is 12.1 Å². The average molecular weight is 476 g/mol. The van der Waals surface area contributed by atoms with E-state index in [4.69, 9.17) is 9.84 Å². The largest absolute Gasteiger partial charge is 0.481 e. The van der Waals surface area contributed by atoms with Gasteiger partial charge in [0.05, 0.1) is 0 Å². The topological polar surface area (TPSA) is 113 Å². The maximum absolute atomic E-state index is 13.2. The molecule has 0 atom stereocenters. The van der Waals surface area contributed by atoms with Crippen LogP contribution in [0.3, 0.4) is 0 Å². The van der Waals surface area contributed by atoms with Crippen LogP contribution in [-0.4, -0.2) is 43.1 Å². The van der Waals surface area contributed by atoms with Crippen LogP contribution < -0.4 is 4.74 Å². The highest BCUT2D eigenvalue weighted by molar-refractivity contribution is 6.02. The first kappa shape index (κ1) is 22.9. The lowest BCUT2D eigenvalue weighted by Crippen LogP contribution is -2.25. The Hall–Kier alpha value is -3.88. The number of halogens is 1. The zero-order valence-electron chi connectivity index (χ0n) is 19.2. The standard InChI is InChI=1S/C26H26FN5O3/c27-20-7-3-17(4-8-20)25-30-26(32-31-25)19-5-11-22(28-15-19)18-6-12-23(29-14-18)35-21-9-1-16(2-10-21)13-24(33)34/h3-4,6-8,12,14-16,21H,1-2,5,9-11,13H2,(H,33,34)(H,30,31,32). The van der Waals surface area contributed by atoms with E-state index < -0.39 is 5.97 Å². The molecule has 3 aromatic rings. The number of hydrogen-bond acceptors (Lipinski definition) is 6. The highest BCUT2D eigenvalue weighted by Crippen LogP contribution is 2.30. The highest BCUT2D eigenvalue weighted by atomic mass is 19.1. The molecular formula is C26H26FN5O3. The number of aromatic nitrogens is 4. The maximum atomic E-state index is 13.2. The van der Waals surface area contributed by atoms with Gasteiger partial charge in [-0.05, 0) is 74.8 Å². The van der Waals surface area contributed by atoms with Crippen LogP contribution in [0.2, 0.25) is 0 Å². The van der Waals surface area contributed by atoms with Crippen molar-refractivity contribution in [3.05, 3.63) is 66.0 Å². The van der Waals surface area contributed by atoms with Crippen LogP contribution in [0.5, 0.6) is 5.88 Å². The Bertz CT molecular complexity index is 1240. The number of pyridine rings is 1. The minimum atomic E-state index is -0.727. The minimum absolute atomic E-state index is 0.0806. The molecule has 8 nitrogen and oxygen atoms in total. The van der Waals surface area contributed by atoms with E-state index in [0.717, 1.165) is 60.9 Å². The van der Waals surface area contributed by atoms with Crippen molar-refractivity contribution in [2.45, 2.75) is 51.0 Å². The summed E-state index contributed by atoms with van der Waals surface area (Å²) in [6, 6.07) is 9.95. The summed E-state index contributed by atoms with van der Waals surface area (Å²) in [5, 5.41) is 16.2. The van der Waals surface area contributed by atoms with Crippen molar-refractivity contribution in [2.75, 3.05) is 0 Å². The number of allylic oxidation sites excluding steroid dienone is 1. The summed E-state index contributed by atoms with van der Waals surface area (Å²) in [5.41, 5.74) is 3.59. The molecule has 2 N–H and O–H groups in total. The number of hydrogen-bond donors (Lipinski definition) is 2. The van der Waals surface area contributed by atoms with E-state index in [1.165, 1.54) is 12.1 Å². The fourth-order valence-corrected chi connectivity index (χ4v) is 4.56. The SMILES string of the molecule is O=C(O)CC1CCC(Oc2ccc(C3=NC=C(c4n[nH]c(-c5ccc(F)cc5)n4)CC3)cn2)CC1. The summed E-state index contributed by atoms with van der Waals surface area (Å²) in [6.07, 6.45) is 8.82. The second-order valence-electron chi connectivity index (χ2n) is 8.99. The number of benzene rings is 1. The molecule has 0 radical (unpaired) electrons. The molecule has 0 unspecified atom stereocenters. The number of rotatable bonds is 7. The van der Waals surface area contributed by atoms with Gasteiger partial charge in [-0.3, -0.25) is 14.9 Å². The average Bonchev–Trinajstić information content (AvgIpc) is 3.36. The van der Waals surface area contributed by atoms with Gasteiger partial charge in [-0.2, -0.15) is 5.10 Å². The van der Waals surface area contributed by atoms with Crippen molar-refractivity contribution < 1.29 is 19.0 Å². The Morgan fingerprint density at radius 1 is 1.06 bits per heavy atom. The van der Waals surface area contributed by atoms with Crippen LogP contribution in [0.4, 0.5) is 4.39 Å². The Balaban J connectivity index is 1.19. The van der Waals surface area contributed by atoms with Crippen LogP contribution in [0.1, 0.15) is 56.3 Å². The van der Waals surface area contributed by atoms with Crippen molar-refractivity contribution >= 4 is 17.3 Å². The van der Waals surface area contributed by atoms with Gasteiger partial charge >= 0.3 is 5.97 Å². The second kappa shape index (κ2) is 10.2. The Labute approximate surface area is 202 Å². The molecule has 35 heavy (non-hydrogen) atoms. The predicted octanol–water partition coefficient (Wildman–Crippen LogP) is 5.04. The van der Waals surface area contributed by atoms with Gasteiger partial charge in [-0.25, -0.2) is 14.4 Å². The molecule has 2 aromatic heterocycles. The molecule has 0 saturated heterocycles. The molecule has 180 valence electrons. The minimum Gasteiger partial charge on any atom is -0.481 e. The fourth-order valence-electron chi connectivity index (χ4n) is 4.56. The third-order valence-corrected chi connectivity index (χ3v) is 6.51. The van der Waals surface area contributed by atoms with E-state index >= 15 is 0 Å². The van der Waals surface area contributed by atoms with Crippen LogP contribution in [0, 0.1) is 11.7 Å². The van der Waals surface area contributed by atoms with Crippen LogP contribution in [0.25, 0.3) is 17.0 Å². The van der Waals surface area contributed by atoms with Gasteiger partial charge < -0.3 is 9.84 Å². The number of H-pyrrole nitrogens is 1. The van der Waals surface area contributed by atoms with E-state index in [1.54, 1.807) is 24.5 Å². The number of nitrogens with one attached hydrogen (secondary N) is 1. The van der Waals surface area contributed by atoms with Crippen LogP contribution >= 0.6 is 0 Å². The van der Waals surface area contributed by atoms with Gasteiger partial charge in [0.2, 0.25) is 5.88 Å². The summed E-state index contributed by atoms with van der Waals surface area (Å²) >= 11 is 0. The molecule has 0 amide bonds. The normalized spacial score (nSPS) is 20.1. The molecule has 0 bridgehead atoms. The molecule has 3 heterocycles. The zero-order valence-corrected chi connectivity index (χ0v) is 19.2. The fraction of sp³-hybridized carbons (Fsp3) is 0.346. The number of aliphatic imine (C=N–C) groups is 1. The van der Waals surface area contributed by atoms with Gasteiger partial charge in [0.1, 0.15) is 11.9 Å². The first-order valence-electron chi connectivity index (χ1n) is 11.8. The van der Waals surface area contributed by atoms with Crippen molar-refractivity contribution in [3.63, 3.8) is 0 Å². The lowest BCUT2D eigenvalue weighted by Gasteiger charge is -2.27. The monoisotopic (exact) mass is 475 g/mol. The lowest BCUT2D eigenvalue weighted by atomic mass is 9.85. The Morgan fingerprint density at radius 2 is 1.83 bits per heavy atom. The van der Waals surface area contributed by atoms with Gasteiger partial charge in [-0.15, -0.1) is 0 Å². The maximum Gasteiger partial charge on any atom is 0.303 e. The first-order valence-corrected chi connectivity index (χ1v) is 11.8. The summed E-state index contributed by atoms with van der Waals surface area (Å²) in [5.74, 6) is 0.986. The van der Waals surface area contributed by atoms with Crippen LogP contribution in [-0.2, 0) is 4.79 Å². The molecule has 1 fully saturated rings. The Morgan fingerprint density at radius 3 is 2.49 bits per heavy atom. The molecule has 1 saturated carbocycles. The number of nitrogens with zero attached hydrogens (tertiary/aromatic N) is 4. The zero-order chi connectivity index (χ0) is 24.2. The van der Waals surface area contributed by atoms with Crippen molar-refractivity contribution in [1.29, 1.82) is 0 Å². The van der Waals surface area contributed by atoms with Crippen LogP contribution in [0.15, 0.2) is 53.8 Å². The summed E-state index contributed by atoms with van der Waals surface area (Å²) in [4.78, 5) is 24.5. The first-order chi connectivity index (χ1) is 17.0. The van der Waals surface area contributed by atoms with E-state index in [9.17, 15) is 9.18 Å². The molecule has 2 aliphatic rings. The molecule has 5 rings (SSSR count). The quantitative estimate of drug-likeness (QED) is 0.495. The predicted molar refractivity (Wildman–Crippen MR) is 128 cm³/mol. The number of carboxylic acids is 1. The lowest BCUT2D eigenvalue weighted by molar-refractivity contribution is -0.138. The van der Waals surface area contributed by atoms with Gasteiger partial charge in [0.15, 0.2) is 11.6 Å². The third-order valence-electron chi connectivity index (χ3n) is 6.51. The van der Waals surface area contributed by atoms with Crippen molar-refractivity contribution in [2.24, 2.45) is 10.9 Å². The number of carboxylic acid groups (broad SMARTS) is 1. The number of ether oxygens (including phenoxy) is 1. The molecule has 1 aliphatic heterocycles. The van der Waals surface area contributed by atoms with Gasteiger partial charge in [-0.1, -0.05) is 0 Å². The number of aliphatic carboxylic acids is 1. The van der Waals surface area contributed by atoms with Crippen molar-refractivity contribution in [3.8, 4) is 17.3 Å². The Kier molecular flexibility index (Phi) is 6.65. The molecule has 9 heteroatoms. The molecular weight excluding hydrogens is 449 g/mol. The van der Waals surface area contributed by atoms with E-state index in [0.29, 0.717) is 17.5 Å². The smallest absolute Gasteiger partial charge is 0.303 e.